The number of halogens is 3. The predicted octanol–water partition coefficient (Wildman–Crippen LogP) is 2.69. The van der Waals surface area contributed by atoms with Gasteiger partial charge in [0.1, 0.15) is 0 Å². The number of carboxylic acids is 1. The largest absolute Gasteiger partial charge is 0.476 e. The lowest BCUT2D eigenvalue weighted by Gasteiger charge is -2.05. The third-order valence-corrected chi connectivity index (χ3v) is 2.46. The number of hydrogen-bond acceptors (Lipinski definition) is 3. The van der Waals surface area contributed by atoms with Crippen LogP contribution in [0.4, 0.5) is 13.2 Å². The minimum atomic E-state index is -4.38. The second-order valence-corrected chi connectivity index (χ2v) is 3.83. The molecule has 0 atom stereocenters. The topological polar surface area (TPSA) is 78.9 Å². The zero-order chi connectivity index (χ0) is 14.8. The van der Waals surface area contributed by atoms with Gasteiger partial charge in [0.05, 0.1) is 11.3 Å². The molecule has 2 N–H and O–H groups in total. The lowest BCUT2D eigenvalue weighted by Crippen LogP contribution is -2.03. The zero-order valence-corrected chi connectivity index (χ0v) is 9.85. The summed E-state index contributed by atoms with van der Waals surface area (Å²) < 4.78 is 37.1. The van der Waals surface area contributed by atoms with Crippen molar-refractivity contribution in [2.24, 2.45) is 0 Å². The average molecular weight is 283 g/mol. The van der Waals surface area contributed by atoms with Crippen molar-refractivity contribution in [3.63, 3.8) is 0 Å². The fourth-order valence-corrected chi connectivity index (χ4v) is 1.47. The van der Waals surface area contributed by atoms with Gasteiger partial charge in [0.15, 0.2) is 5.69 Å². The third-order valence-electron chi connectivity index (χ3n) is 2.46. The summed E-state index contributed by atoms with van der Waals surface area (Å²) in [5, 5.41) is 17.9. The quantitative estimate of drug-likeness (QED) is 0.907. The zero-order valence-electron chi connectivity index (χ0n) is 9.85. The van der Waals surface area contributed by atoms with Crippen LogP contribution in [0, 0.1) is 0 Å². The number of hydrogen-bond donors (Lipinski definition) is 2. The van der Waals surface area contributed by atoms with E-state index in [0.29, 0.717) is 5.56 Å². The van der Waals surface area contributed by atoms with E-state index in [-0.39, 0.29) is 11.4 Å². The number of aromatic carboxylic acids is 1. The third kappa shape index (κ3) is 3.02. The van der Waals surface area contributed by atoms with E-state index in [0.717, 1.165) is 12.1 Å². The highest BCUT2D eigenvalue weighted by molar-refractivity contribution is 5.90. The first kappa shape index (κ1) is 13.8. The van der Waals surface area contributed by atoms with E-state index >= 15 is 0 Å². The first-order valence-electron chi connectivity index (χ1n) is 5.37. The van der Waals surface area contributed by atoms with Crippen molar-refractivity contribution in [3.05, 3.63) is 46.8 Å². The van der Waals surface area contributed by atoms with Crippen molar-refractivity contribution in [2.45, 2.75) is 6.18 Å². The highest BCUT2D eigenvalue weighted by Crippen LogP contribution is 2.29. The first-order valence-corrected chi connectivity index (χ1v) is 5.37. The van der Waals surface area contributed by atoms with Crippen LogP contribution in [0.5, 0.6) is 0 Å². The molecule has 0 aliphatic rings. The summed E-state index contributed by atoms with van der Waals surface area (Å²) in [7, 11) is 0. The molecule has 0 saturated heterocycles. The Kier molecular flexibility index (Phi) is 3.55. The van der Waals surface area contributed by atoms with Gasteiger partial charge in [-0.3, -0.25) is 5.10 Å². The molecule has 2 aromatic rings. The Labute approximate surface area is 110 Å². The molecule has 1 aromatic heterocycles. The van der Waals surface area contributed by atoms with Crippen LogP contribution in [-0.4, -0.2) is 26.5 Å². The highest BCUT2D eigenvalue weighted by atomic mass is 19.4. The molecule has 0 unspecified atom stereocenters. The number of H-pyrrole nitrogens is 1. The van der Waals surface area contributed by atoms with Gasteiger partial charge in [0, 0.05) is 0 Å². The van der Waals surface area contributed by atoms with Gasteiger partial charge >= 0.3 is 12.1 Å². The Bertz CT molecular complexity index is 645. The van der Waals surface area contributed by atoms with Crippen molar-refractivity contribution in [1.29, 1.82) is 0 Å². The maximum atomic E-state index is 12.4. The maximum Gasteiger partial charge on any atom is 0.416 e. The smallest absolute Gasteiger partial charge is 0.416 e. The van der Waals surface area contributed by atoms with E-state index in [2.05, 4.69) is 15.4 Å². The summed E-state index contributed by atoms with van der Waals surface area (Å²) in [5.74, 6) is -1.24. The Balaban J connectivity index is 2.20. The number of carbonyl (C=O) groups is 1. The molecule has 1 heterocycles. The van der Waals surface area contributed by atoms with Crippen LogP contribution in [0.1, 0.15) is 27.3 Å². The molecule has 2 rings (SSSR count). The van der Waals surface area contributed by atoms with Crippen molar-refractivity contribution in [3.8, 4) is 0 Å². The van der Waals surface area contributed by atoms with E-state index < -0.39 is 17.7 Å². The molecule has 0 bridgehead atoms. The van der Waals surface area contributed by atoms with Crippen LogP contribution in [-0.2, 0) is 6.18 Å². The number of nitrogens with one attached hydrogen (secondary N) is 1. The van der Waals surface area contributed by atoms with Crippen LogP contribution in [0.3, 0.4) is 0 Å². The molecule has 0 aliphatic heterocycles. The van der Waals surface area contributed by atoms with Crippen LogP contribution < -0.4 is 0 Å². The van der Waals surface area contributed by atoms with Gasteiger partial charge in [0.25, 0.3) is 0 Å². The van der Waals surface area contributed by atoms with Gasteiger partial charge in [-0.1, -0.05) is 23.4 Å². The summed E-state index contributed by atoms with van der Waals surface area (Å²) in [6, 6.07) is 4.46. The molecular formula is C12H8F3N3O2. The SMILES string of the molecule is O=C(O)c1nn[nH]c1/C=C/c1ccc(C(F)(F)F)cc1. The van der Waals surface area contributed by atoms with E-state index in [1.807, 2.05) is 0 Å². The number of carboxylic acid groups (broad SMARTS) is 1. The van der Waals surface area contributed by atoms with Gasteiger partial charge in [-0.05, 0) is 23.8 Å². The van der Waals surface area contributed by atoms with E-state index in [1.165, 1.54) is 24.3 Å². The Hall–Kier alpha value is -2.64. The fourth-order valence-electron chi connectivity index (χ4n) is 1.47. The first-order chi connectivity index (χ1) is 9.38. The molecular weight excluding hydrogens is 275 g/mol. The summed E-state index contributed by atoms with van der Waals surface area (Å²) in [6.45, 7) is 0. The molecule has 1 aromatic carbocycles. The second-order valence-electron chi connectivity index (χ2n) is 3.83. The van der Waals surface area contributed by atoms with Crippen molar-refractivity contribution in [1.82, 2.24) is 15.4 Å². The monoisotopic (exact) mass is 283 g/mol. The second kappa shape index (κ2) is 5.16. The Morgan fingerprint density at radius 2 is 1.85 bits per heavy atom. The molecule has 0 fully saturated rings. The van der Waals surface area contributed by atoms with Crippen LogP contribution in [0.25, 0.3) is 12.2 Å². The standard InChI is InChI=1S/C12H8F3N3O2/c13-12(14,15)8-4-1-7(2-5-8)3-6-9-10(11(19)20)17-18-16-9/h1-6H,(H,19,20)(H,16,17,18)/b6-3+. The number of nitrogens with zero attached hydrogens (tertiary/aromatic N) is 2. The molecule has 0 saturated carbocycles. The van der Waals surface area contributed by atoms with Crippen molar-refractivity contribution >= 4 is 18.1 Å². The van der Waals surface area contributed by atoms with Gasteiger partial charge in [0.2, 0.25) is 0 Å². The van der Waals surface area contributed by atoms with Gasteiger partial charge in [-0.15, -0.1) is 5.10 Å². The number of aromatic amines is 1. The van der Waals surface area contributed by atoms with Crippen LogP contribution in [0.2, 0.25) is 0 Å². The van der Waals surface area contributed by atoms with Crippen LogP contribution >= 0.6 is 0 Å². The average Bonchev–Trinajstić information content (AvgIpc) is 2.84. The number of aromatic nitrogens is 3. The fraction of sp³-hybridized carbons (Fsp3) is 0.0833. The molecule has 104 valence electrons. The summed E-state index contributed by atoms with van der Waals surface area (Å²) >= 11 is 0. The van der Waals surface area contributed by atoms with Crippen molar-refractivity contribution < 1.29 is 23.1 Å². The van der Waals surface area contributed by atoms with Gasteiger partial charge in [-0.2, -0.15) is 13.2 Å². The summed E-state index contributed by atoms with van der Waals surface area (Å²) in [6.07, 6.45) is -1.54. The molecule has 0 amide bonds. The van der Waals surface area contributed by atoms with Gasteiger partial charge in [-0.25, -0.2) is 4.79 Å². The number of rotatable bonds is 3. The highest BCUT2D eigenvalue weighted by Gasteiger charge is 2.29. The lowest BCUT2D eigenvalue weighted by molar-refractivity contribution is -0.137. The molecule has 5 nitrogen and oxygen atoms in total. The normalized spacial score (nSPS) is 11.9. The molecule has 0 aliphatic carbocycles. The Morgan fingerprint density at radius 3 is 2.40 bits per heavy atom. The summed E-state index contributed by atoms with van der Waals surface area (Å²) in [5.41, 5.74) is -0.349. The lowest BCUT2D eigenvalue weighted by atomic mass is 10.1. The van der Waals surface area contributed by atoms with E-state index in [1.54, 1.807) is 0 Å². The number of alkyl halides is 3. The molecule has 0 radical (unpaired) electrons. The maximum absolute atomic E-state index is 12.4. The minimum absolute atomic E-state index is 0.164. The van der Waals surface area contributed by atoms with Gasteiger partial charge < -0.3 is 5.11 Å². The molecule has 0 spiro atoms. The predicted molar refractivity (Wildman–Crippen MR) is 63.7 cm³/mol. The summed E-state index contributed by atoms with van der Waals surface area (Å²) in [4.78, 5) is 10.8. The van der Waals surface area contributed by atoms with Crippen LogP contribution in [0.15, 0.2) is 24.3 Å². The molecule has 20 heavy (non-hydrogen) atoms. The molecule has 8 heteroatoms. The Morgan fingerprint density at radius 1 is 1.20 bits per heavy atom. The minimum Gasteiger partial charge on any atom is -0.476 e. The number of benzene rings is 1. The van der Waals surface area contributed by atoms with Crippen molar-refractivity contribution in [2.75, 3.05) is 0 Å². The van der Waals surface area contributed by atoms with E-state index in [9.17, 15) is 18.0 Å². The van der Waals surface area contributed by atoms with E-state index in [4.69, 9.17) is 5.11 Å².